The molecule has 3 aromatic rings. The Hall–Kier alpha value is -3.85. The molecule has 5 N–H and O–H groups in total. The number of urea groups is 1. The van der Waals surface area contributed by atoms with Gasteiger partial charge in [0.25, 0.3) is 10.0 Å². The Morgan fingerprint density at radius 2 is 1.61 bits per heavy atom. The Morgan fingerprint density at radius 3 is 2.21 bits per heavy atom. The van der Waals surface area contributed by atoms with E-state index in [0.29, 0.717) is 23.4 Å². The molecule has 33 heavy (non-hydrogen) atoms. The Bertz CT molecular complexity index is 1250. The minimum absolute atomic E-state index is 0.0305. The van der Waals surface area contributed by atoms with E-state index in [9.17, 15) is 18.0 Å². The number of anilines is 3. The van der Waals surface area contributed by atoms with Gasteiger partial charge in [-0.25, -0.2) is 17.9 Å². The number of Topliss-reactive ketones (excluding diaryl/α,β-unsaturated/α-hetero) is 1. The van der Waals surface area contributed by atoms with E-state index >= 15 is 0 Å². The zero-order valence-electron chi connectivity index (χ0n) is 18.4. The van der Waals surface area contributed by atoms with Crippen molar-refractivity contribution in [2.75, 3.05) is 17.6 Å². The van der Waals surface area contributed by atoms with Crippen molar-refractivity contribution in [2.24, 2.45) is 0 Å². The molecule has 2 amide bonds. The highest BCUT2D eigenvalue weighted by atomic mass is 32.2. The molecule has 3 aromatic carbocycles. The predicted molar refractivity (Wildman–Crippen MR) is 129 cm³/mol. The van der Waals surface area contributed by atoms with Gasteiger partial charge in [-0.05, 0) is 68.3 Å². The lowest BCUT2D eigenvalue weighted by Gasteiger charge is -2.11. The van der Waals surface area contributed by atoms with E-state index in [4.69, 9.17) is 5.73 Å². The lowest BCUT2D eigenvalue weighted by atomic mass is 10.1. The molecule has 0 aliphatic rings. The summed E-state index contributed by atoms with van der Waals surface area (Å²) >= 11 is 0. The molecule has 9 heteroatoms. The van der Waals surface area contributed by atoms with Crippen molar-refractivity contribution in [3.8, 4) is 0 Å². The second-order valence-corrected chi connectivity index (χ2v) is 9.29. The van der Waals surface area contributed by atoms with Gasteiger partial charge in [0.15, 0.2) is 5.78 Å². The molecular formula is C24H26N4O4S. The Labute approximate surface area is 193 Å². The van der Waals surface area contributed by atoms with Gasteiger partial charge in [0, 0.05) is 17.8 Å². The third-order valence-corrected chi connectivity index (χ3v) is 6.30. The fourth-order valence-corrected chi connectivity index (χ4v) is 3.99. The normalized spacial score (nSPS) is 11.0. The third kappa shape index (κ3) is 6.56. The zero-order valence-corrected chi connectivity index (χ0v) is 19.2. The van der Waals surface area contributed by atoms with Gasteiger partial charge in [0.2, 0.25) is 0 Å². The number of hydrogen-bond acceptors (Lipinski definition) is 6. The lowest BCUT2D eigenvalue weighted by Crippen LogP contribution is -2.40. The maximum absolute atomic E-state index is 12.2. The quantitative estimate of drug-likeness (QED) is 0.295. The topological polar surface area (TPSA) is 130 Å². The van der Waals surface area contributed by atoms with E-state index in [1.54, 1.807) is 30.3 Å². The van der Waals surface area contributed by atoms with Gasteiger partial charge in [0.1, 0.15) is 0 Å². The molecule has 0 saturated heterocycles. The van der Waals surface area contributed by atoms with Crippen LogP contribution in [0, 0.1) is 6.92 Å². The van der Waals surface area contributed by atoms with Crippen LogP contribution in [0.3, 0.4) is 0 Å². The van der Waals surface area contributed by atoms with Crippen LogP contribution >= 0.6 is 0 Å². The Kier molecular flexibility index (Phi) is 7.34. The first-order valence-corrected chi connectivity index (χ1v) is 11.8. The summed E-state index contributed by atoms with van der Waals surface area (Å²) in [4.78, 5) is 23.5. The van der Waals surface area contributed by atoms with Gasteiger partial charge in [0.05, 0.1) is 16.3 Å². The molecule has 0 aliphatic heterocycles. The largest absolute Gasteiger partial charge is 0.397 e. The summed E-state index contributed by atoms with van der Waals surface area (Å²) in [6.07, 6.45) is 0.522. The molecular weight excluding hydrogens is 440 g/mol. The number of nitrogens with one attached hydrogen (secondary N) is 3. The summed E-state index contributed by atoms with van der Waals surface area (Å²) in [6, 6.07) is 18.1. The number of carbonyl (C=O) groups is 2. The van der Waals surface area contributed by atoms with Crippen molar-refractivity contribution >= 4 is 38.9 Å². The molecule has 172 valence electrons. The summed E-state index contributed by atoms with van der Waals surface area (Å²) in [5.41, 5.74) is 10.4. The molecule has 0 bridgehead atoms. The van der Waals surface area contributed by atoms with Crippen molar-refractivity contribution in [3.05, 3.63) is 83.4 Å². The van der Waals surface area contributed by atoms with Crippen molar-refractivity contribution in [1.82, 2.24) is 10.0 Å². The van der Waals surface area contributed by atoms with Crippen LogP contribution in [0.25, 0.3) is 0 Å². The number of nitrogens with two attached hydrogens (primary N) is 1. The Balaban J connectivity index is 1.50. The summed E-state index contributed by atoms with van der Waals surface area (Å²) < 4.78 is 26.5. The SMILES string of the molecule is CC(=O)c1ccc(Nc2ccc(CCNC(=O)NS(=O)(=O)c3ccc(C)cc3)cc2)c(N)c1. The predicted octanol–water partition coefficient (Wildman–Crippen LogP) is 3.75. The second-order valence-electron chi connectivity index (χ2n) is 7.60. The molecule has 0 unspecified atom stereocenters. The van der Waals surface area contributed by atoms with Crippen molar-refractivity contribution < 1.29 is 18.0 Å². The first-order chi connectivity index (χ1) is 15.6. The van der Waals surface area contributed by atoms with Gasteiger partial charge >= 0.3 is 6.03 Å². The summed E-state index contributed by atoms with van der Waals surface area (Å²) in [5.74, 6) is -0.0485. The molecule has 0 aliphatic carbocycles. The van der Waals surface area contributed by atoms with Gasteiger partial charge in [-0.15, -0.1) is 0 Å². The number of hydrogen-bond donors (Lipinski definition) is 4. The van der Waals surface area contributed by atoms with Gasteiger partial charge in [-0.2, -0.15) is 0 Å². The highest BCUT2D eigenvalue weighted by molar-refractivity contribution is 7.90. The monoisotopic (exact) mass is 466 g/mol. The molecule has 0 fully saturated rings. The summed E-state index contributed by atoms with van der Waals surface area (Å²) in [6.45, 7) is 3.60. The minimum atomic E-state index is -3.92. The number of amides is 2. The zero-order chi connectivity index (χ0) is 24.0. The second kappa shape index (κ2) is 10.2. The third-order valence-electron chi connectivity index (χ3n) is 4.95. The first-order valence-electron chi connectivity index (χ1n) is 10.3. The molecule has 3 rings (SSSR count). The number of rotatable bonds is 8. The van der Waals surface area contributed by atoms with E-state index in [1.807, 2.05) is 35.9 Å². The van der Waals surface area contributed by atoms with Crippen molar-refractivity contribution in [3.63, 3.8) is 0 Å². The highest BCUT2D eigenvalue weighted by Gasteiger charge is 2.16. The molecule has 0 saturated carbocycles. The molecule has 0 radical (unpaired) electrons. The van der Waals surface area contributed by atoms with E-state index < -0.39 is 16.1 Å². The number of aryl methyl sites for hydroxylation is 1. The van der Waals surface area contributed by atoms with E-state index in [2.05, 4.69) is 10.6 Å². The number of ketones is 1. The van der Waals surface area contributed by atoms with Gasteiger partial charge in [-0.3, -0.25) is 4.79 Å². The van der Waals surface area contributed by atoms with E-state index in [-0.39, 0.29) is 17.2 Å². The van der Waals surface area contributed by atoms with Gasteiger partial charge in [-0.1, -0.05) is 29.8 Å². The van der Waals surface area contributed by atoms with E-state index in [1.165, 1.54) is 19.1 Å². The average molecular weight is 467 g/mol. The van der Waals surface area contributed by atoms with Crippen molar-refractivity contribution in [2.45, 2.75) is 25.2 Å². The standard InChI is InChI=1S/C24H26N4O4S/c1-16-3-10-21(11-4-16)33(31,32)28-24(30)26-14-13-18-5-8-20(9-6-18)27-23-12-7-19(17(2)29)15-22(23)25/h3-12,15,27H,13-14,25H2,1-2H3,(H2,26,28,30). The smallest absolute Gasteiger partial charge is 0.328 e. The van der Waals surface area contributed by atoms with Crippen LogP contribution in [-0.2, 0) is 16.4 Å². The van der Waals surface area contributed by atoms with Crippen LogP contribution < -0.4 is 21.1 Å². The van der Waals surface area contributed by atoms with Crippen LogP contribution in [0.15, 0.2) is 71.6 Å². The number of sulfonamides is 1. The van der Waals surface area contributed by atoms with Crippen LogP contribution in [-0.4, -0.2) is 26.8 Å². The fraction of sp³-hybridized carbons (Fsp3) is 0.167. The number of carbonyl (C=O) groups excluding carboxylic acids is 2. The van der Waals surface area contributed by atoms with Crippen LogP contribution in [0.1, 0.15) is 28.4 Å². The minimum Gasteiger partial charge on any atom is -0.397 e. The fourth-order valence-electron chi connectivity index (χ4n) is 3.06. The summed E-state index contributed by atoms with van der Waals surface area (Å²) in [5, 5.41) is 5.76. The van der Waals surface area contributed by atoms with Crippen LogP contribution in [0.4, 0.5) is 21.9 Å². The highest BCUT2D eigenvalue weighted by Crippen LogP contribution is 2.24. The Morgan fingerprint density at radius 1 is 0.939 bits per heavy atom. The molecule has 0 spiro atoms. The summed E-state index contributed by atoms with van der Waals surface area (Å²) in [7, 11) is -3.92. The number of benzene rings is 3. The van der Waals surface area contributed by atoms with Crippen LogP contribution in [0.2, 0.25) is 0 Å². The maximum Gasteiger partial charge on any atom is 0.328 e. The lowest BCUT2D eigenvalue weighted by molar-refractivity contribution is 0.101. The molecule has 0 aromatic heterocycles. The first kappa shape index (κ1) is 23.8. The maximum atomic E-state index is 12.2. The van der Waals surface area contributed by atoms with Crippen molar-refractivity contribution in [1.29, 1.82) is 0 Å². The van der Waals surface area contributed by atoms with Gasteiger partial charge < -0.3 is 16.4 Å². The van der Waals surface area contributed by atoms with E-state index in [0.717, 1.165) is 16.8 Å². The number of nitrogen functional groups attached to an aromatic ring is 1. The molecule has 8 nitrogen and oxygen atoms in total. The van der Waals surface area contributed by atoms with Crippen LogP contribution in [0.5, 0.6) is 0 Å². The molecule has 0 atom stereocenters. The molecule has 0 heterocycles. The average Bonchev–Trinajstić information content (AvgIpc) is 2.76.